The maximum Gasteiger partial charge on any atom is 0.0456 e. The molecule has 0 aliphatic rings. The van der Waals surface area contributed by atoms with Crippen molar-refractivity contribution in [2.75, 3.05) is 18.0 Å². The number of rotatable bonds is 6. The summed E-state index contributed by atoms with van der Waals surface area (Å²) in [6.07, 6.45) is 0. The summed E-state index contributed by atoms with van der Waals surface area (Å²) in [5.74, 6) is 0. The first-order valence-electron chi connectivity index (χ1n) is 6.98. The molecule has 2 heteroatoms. The third kappa shape index (κ3) is 3.36. The minimum atomic E-state index is 0.913. The Morgan fingerprint density at radius 3 is 2.26 bits per heavy atom. The van der Waals surface area contributed by atoms with Crippen molar-refractivity contribution in [3.05, 3.63) is 60.2 Å². The number of nitrogens with zero attached hydrogens (tertiary/aromatic N) is 1. The second-order valence-electron chi connectivity index (χ2n) is 4.49. The molecule has 0 aliphatic heterocycles. The first-order valence-corrected chi connectivity index (χ1v) is 6.98. The largest absolute Gasteiger partial charge is 0.342 e. The summed E-state index contributed by atoms with van der Waals surface area (Å²) in [5.41, 5.74) is 3.88. The molecule has 0 saturated carbocycles. The Balaban J connectivity index is 2.33. The van der Waals surface area contributed by atoms with E-state index in [0.717, 1.165) is 19.6 Å². The molecule has 1 N–H and O–H groups in total. The lowest BCUT2D eigenvalue weighted by atomic mass is 10.1. The van der Waals surface area contributed by atoms with Crippen molar-refractivity contribution in [2.45, 2.75) is 20.4 Å². The van der Waals surface area contributed by atoms with Gasteiger partial charge in [0, 0.05) is 24.5 Å². The fourth-order valence-electron chi connectivity index (χ4n) is 2.28. The Labute approximate surface area is 116 Å². The van der Waals surface area contributed by atoms with Crippen LogP contribution in [0.3, 0.4) is 0 Å². The van der Waals surface area contributed by atoms with Crippen LogP contribution >= 0.6 is 0 Å². The SMILES string of the molecule is CCNCc1ccccc1N(CC)c1ccccc1. The third-order valence-electron chi connectivity index (χ3n) is 3.23. The van der Waals surface area contributed by atoms with Crippen LogP contribution in [-0.2, 0) is 6.54 Å². The molecule has 0 aliphatic carbocycles. The van der Waals surface area contributed by atoms with E-state index < -0.39 is 0 Å². The van der Waals surface area contributed by atoms with Crippen LogP contribution in [0.25, 0.3) is 0 Å². The van der Waals surface area contributed by atoms with E-state index in [1.165, 1.54) is 16.9 Å². The van der Waals surface area contributed by atoms with Gasteiger partial charge in [-0.15, -0.1) is 0 Å². The van der Waals surface area contributed by atoms with Gasteiger partial charge < -0.3 is 10.2 Å². The van der Waals surface area contributed by atoms with Gasteiger partial charge in [0.15, 0.2) is 0 Å². The molecule has 0 amide bonds. The maximum absolute atomic E-state index is 3.41. The van der Waals surface area contributed by atoms with E-state index >= 15 is 0 Å². The van der Waals surface area contributed by atoms with Crippen LogP contribution in [-0.4, -0.2) is 13.1 Å². The van der Waals surface area contributed by atoms with E-state index in [1.54, 1.807) is 0 Å². The number of anilines is 2. The topological polar surface area (TPSA) is 15.3 Å². The van der Waals surface area contributed by atoms with Crippen molar-refractivity contribution >= 4 is 11.4 Å². The van der Waals surface area contributed by atoms with Gasteiger partial charge >= 0.3 is 0 Å². The maximum atomic E-state index is 3.41. The fraction of sp³-hybridized carbons (Fsp3) is 0.294. The van der Waals surface area contributed by atoms with Gasteiger partial charge in [-0.05, 0) is 37.2 Å². The van der Waals surface area contributed by atoms with Gasteiger partial charge in [0.25, 0.3) is 0 Å². The first-order chi connectivity index (χ1) is 9.36. The lowest BCUT2D eigenvalue weighted by Crippen LogP contribution is -2.20. The lowest BCUT2D eigenvalue weighted by Gasteiger charge is -2.26. The number of benzene rings is 2. The zero-order valence-corrected chi connectivity index (χ0v) is 11.8. The monoisotopic (exact) mass is 254 g/mol. The molecule has 0 aromatic heterocycles. The van der Waals surface area contributed by atoms with Gasteiger partial charge in [0.1, 0.15) is 0 Å². The average Bonchev–Trinajstić information content (AvgIpc) is 2.48. The number of nitrogens with one attached hydrogen (secondary N) is 1. The van der Waals surface area contributed by atoms with E-state index in [-0.39, 0.29) is 0 Å². The minimum absolute atomic E-state index is 0.913. The van der Waals surface area contributed by atoms with Gasteiger partial charge in [-0.3, -0.25) is 0 Å². The molecule has 2 nitrogen and oxygen atoms in total. The van der Waals surface area contributed by atoms with Gasteiger partial charge in [-0.1, -0.05) is 43.3 Å². The quantitative estimate of drug-likeness (QED) is 0.839. The molecule has 0 spiro atoms. The lowest BCUT2D eigenvalue weighted by molar-refractivity contribution is 0.725. The third-order valence-corrected chi connectivity index (χ3v) is 3.23. The van der Waals surface area contributed by atoms with Gasteiger partial charge in [0.2, 0.25) is 0 Å². The predicted octanol–water partition coefficient (Wildman–Crippen LogP) is 3.95. The molecule has 19 heavy (non-hydrogen) atoms. The first kappa shape index (κ1) is 13.6. The zero-order chi connectivity index (χ0) is 13.5. The van der Waals surface area contributed by atoms with Crippen molar-refractivity contribution < 1.29 is 0 Å². The van der Waals surface area contributed by atoms with Crippen molar-refractivity contribution in [2.24, 2.45) is 0 Å². The standard InChI is InChI=1S/C17H22N2/c1-3-18-14-15-10-8-9-13-17(15)19(4-2)16-11-6-5-7-12-16/h5-13,18H,3-4,14H2,1-2H3. The Kier molecular flexibility index (Phi) is 4.99. The smallest absolute Gasteiger partial charge is 0.0456 e. The van der Waals surface area contributed by atoms with Crippen molar-refractivity contribution in [3.63, 3.8) is 0 Å². The van der Waals surface area contributed by atoms with E-state index in [0.29, 0.717) is 0 Å². The van der Waals surface area contributed by atoms with Gasteiger partial charge in [-0.2, -0.15) is 0 Å². The molecule has 0 unspecified atom stereocenters. The summed E-state index contributed by atoms with van der Waals surface area (Å²) >= 11 is 0. The molecule has 0 fully saturated rings. The highest BCUT2D eigenvalue weighted by Crippen LogP contribution is 2.28. The number of hydrogen-bond donors (Lipinski definition) is 1. The highest BCUT2D eigenvalue weighted by atomic mass is 15.1. The normalized spacial score (nSPS) is 10.4. The molecular formula is C17H22N2. The van der Waals surface area contributed by atoms with Crippen LogP contribution in [0.1, 0.15) is 19.4 Å². The summed E-state index contributed by atoms with van der Waals surface area (Å²) in [7, 11) is 0. The van der Waals surface area contributed by atoms with Crippen LogP contribution in [0.15, 0.2) is 54.6 Å². The molecule has 2 aromatic rings. The van der Waals surface area contributed by atoms with E-state index in [2.05, 4.69) is 78.7 Å². The predicted molar refractivity (Wildman–Crippen MR) is 82.9 cm³/mol. The molecule has 0 bridgehead atoms. The van der Waals surface area contributed by atoms with Crippen LogP contribution in [0, 0.1) is 0 Å². The molecule has 2 aromatic carbocycles. The van der Waals surface area contributed by atoms with Crippen molar-refractivity contribution in [1.29, 1.82) is 0 Å². The average molecular weight is 254 g/mol. The Morgan fingerprint density at radius 2 is 1.58 bits per heavy atom. The second kappa shape index (κ2) is 6.95. The van der Waals surface area contributed by atoms with E-state index in [9.17, 15) is 0 Å². The Hall–Kier alpha value is -1.80. The summed E-state index contributed by atoms with van der Waals surface area (Å²) in [6, 6.07) is 19.2. The zero-order valence-electron chi connectivity index (χ0n) is 11.8. The molecule has 100 valence electrons. The Morgan fingerprint density at radius 1 is 0.895 bits per heavy atom. The summed E-state index contributed by atoms with van der Waals surface area (Å²) in [5, 5.41) is 3.41. The summed E-state index contributed by atoms with van der Waals surface area (Å²) < 4.78 is 0. The van der Waals surface area contributed by atoms with Crippen molar-refractivity contribution in [1.82, 2.24) is 5.32 Å². The molecule has 0 radical (unpaired) electrons. The second-order valence-corrected chi connectivity index (χ2v) is 4.49. The molecule has 0 heterocycles. The molecule has 2 rings (SSSR count). The number of hydrogen-bond acceptors (Lipinski definition) is 2. The fourth-order valence-corrected chi connectivity index (χ4v) is 2.28. The van der Waals surface area contributed by atoms with Crippen molar-refractivity contribution in [3.8, 4) is 0 Å². The molecule has 0 atom stereocenters. The Bertz CT molecular complexity index is 494. The van der Waals surface area contributed by atoms with Crippen LogP contribution < -0.4 is 10.2 Å². The number of para-hydroxylation sites is 2. The molecule has 0 saturated heterocycles. The summed E-state index contributed by atoms with van der Waals surface area (Å²) in [4.78, 5) is 2.35. The van der Waals surface area contributed by atoms with E-state index in [4.69, 9.17) is 0 Å². The van der Waals surface area contributed by atoms with Crippen LogP contribution in [0.5, 0.6) is 0 Å². The highest BCUT2D eigenvalue weighted by molar-refractivity contribution is 5.66. The van der Waals surface area contributed by atoms with Gasteiger partial charge in [-0.25, -0.2) is 0 Å². The van der Waals surface area contributed by atoms with E-state index in [1.807, 2.05) is 0 Å². The highest BCUT2D eigenvalue weighted by Gasteiger charge is 2.10. The van der Waals surface area contributed by atoms with Crippen LogP contribution in [0.4, 0.5) is 11.4 Å². The van der Waals surface area contributed by atoms with Crippen LogP contribution in [0.2, 0.25) is 0 Å². The molecular weight excluding hydrogens is 232 g/mol. The minimum Gasteiger partial charge on any atom is -0.342 e. The summed E-state index contributed by atoms with van der Waals surface area (Å²) in [6.45, 7) is 7.20. The van der Waals surface area contributed by atoms with Gasteiger partial charge in [0.05, 0.1) is 0 Å².